The SMILES string of the molecule is O=C(Nc1ccc(C[C@H](NC(=O)[C@H]2OCO[C@@H]2C(=O)Nc2ccccc2Cl)C(=O)O)cc1)c1ccncc1. The first-order valence-electron chi connectivity index (χ1n) is 11.4. The van der Waals surface area contributed by atoms with Crippen LogP contribution in [0.15, 0.2) is 73.1 Å². The van der Waals surface area contributed by atoms with E-state index in [1.54, 1.807) is 60.7 Å². The first-order chi connectivity index (χ1) is 18.3. The third-order valence-corrected chi connectivity index (χ3v) is 5.96. The molecule has 3 atom stereocenters. The maximum atomic E-state index is 12.9. The maximum absolute atomic E-state index is 12.9. The molecule has 0 saturated carbocycles. The number of aliphatic carboxylic acids is 1. The highest BCUT2D eigenvalue weighted by Crippen LogP contribution is 2.23. The Morgan fingerprint density at radius 1 is 0.921 bits per heavy atom. The van der Waals surface area contributed by atoms with Crippen LogP contribution >= 0.6 is 11.6 Å². The minimum atomic E-state index is -1.36. The van der Waals surface area contributed by atoms with E-state index in [0.717, 1.165) is 0 Å². The van der Waals surface area contributed by atoms with E-state index < -0.39 is 36.0 Å². The summed E-state index contributed by atoms with van der Waals surface area (Å²) in [6, 6.07) is 14.9. The largest absolute Gasteiger partial charge is 0.480 e. The zero-order chi connectivity index (χ0) is 27.1. The van der Waals surface area contributed by atoms with Crippen molar-refractivity contribution in [3.63, 3.8) is 0 Å². The Kier molecular flexibility index (Phi) is 8.64. The number of carbonyl (C=O) groups excluding carboxylic acids is 3. The molecule has 0 spiro atoms. The third-order valence-electron chi connectivity index (χ3n) is 5.63. The molecule has 3 amide bonds. The number of carboxylic acid groups (broad SMARTS) is 1. The van der Waals surface area contributed by atoms with Crippen molar-refractivity contribution < 1.29 is 33.8 Å². The van der Waals surface area contributed by atoms with Gasteiger partial charge in [0.25, 0.3) is 17.7 Å². The normalized spacial score (nSPS) is 17.3. The van der Waals surface area contributed by atoms with Crippen molar-refractivity contribution in [2.75, 3.05) is 17.4 Å². The average molecular weight is 539 g/mol. The van der Waals surface area contributed by atoms with Crippen molar-refractivity contribution in [1.82, 2.24) is 10.3 Å². The fourth-order valence-electron chi connectivity index (χ4n) is 3.67. The van der Waals surface area contributed by atoms with Gasteiger partial charge in [0, 0.05) is 30.1 Å². The highest BCUT2D eigenvalue weighted by Gasteiger charge is 2.41. The van der Waals surface area contributed by atoms with Gasteiger partial charge in [-0.05, 0) is 42.0 Å². The molecule has 38 heavy (non-hydrogen) atoms. The minimum absolute atomic E-state index is 0.0519. The van der Waals surface area contributed by atoms with E-state index in [-0.39, 0.29) is 19.1 Å². The molecular formula is C26H23ClN4O7. The van der Waals surface area contributed by atoms with E-state index in [4.69, 9.17) is 21.1 Å². The Labute approximate surface area is 222 Å². The monoisotopic (exact) mass is 538 g/mol. The lowest BCUT2D eigenvalue weighted by Crippen LogP contribution is -2.51. The van der Waals surface area contributed by atoms with Crippen LogP contribution in [0.3, 0.4) is 0 Å². The molecular weight excluding hydrogens is 516 g/mol. The molecule has 12 heteroatoms. The molecule has 1 aromatic heterocycles. The maximum Gasteiger partial charge on any atom is 0.326 e. The van der Waals surface area contributed by atoms with Gasteiger partial charge < -0.3 is 30.5 Å². The lowest BCUT2D eigenvalue weighted by Gasteiger charge is -2.20. The number of para-hydroxylation sites is 1. The fraction of sp³-hybridized carbons (Fsp3) is 0.192. The molecule has 0 radical (unpaired) electrons. The van der Waals surface area contributed by atoms with Gasteiger partial charge in [0.15, 0.2) is 12.2 Å². The molecule has 1 saturated heterocycles. The van der Waals surface area contributed by atoms with Crippen LogP contribution < -0.4 is 16.0 Å². The van der Waals surface area contributed by atoms with E-state index in [1.807, 2.05) is 0 Å². The number of amides is 3. The number of carboxylic acids is 1. The molecule has 0 unspecified atom stereocenters. The second kappa shape index (κ2) is 12.3. The summed E-state index contributed by atoms with van der Waals surface area (Å²) in [5.41, 5.74) is 1.87. The van der Waals surface area contributed by atoms with Gasteiger partial charge in [0.05, 0.1) is 10.7 Å². The molecule has 0 aliphatic carbocycles. The fourth-order valence-corrected chi connectivity index (χ4v) is 3.86. The summed E-state index contributed by atoms with van der Waals surface area (Å²) in [7, 11) is 0. The van der Waals surface area contributed by atoms with E-state index in [9.17, 15) is 24.3 Å². The number of aromatic nitrogens is 1. The van der Waals surface area contributed by atoms with Crippen molar-refractivity contribution in [2.24, 2.45) is 0 Å². The summed E-state index contributed by atoms with van der Waals surface area (Å²) in [5, 5.41) is 17.7. The minimum Gasteiger partial charge on any atom is -0.480 e. The Hall–Kier alpha value is -4.32. The summed E-state index contributed by atoms with van der Waals surface area (Å²) >= 11 is 6.06. The molecule has 0 bridgehead atoms. The van der Waals surface area contributed by atoms with Crippen LogP contribution in [-0.2, 0) is 30.3 Å². The zero-order valence-corrected chi connectivity index (χ0v) is 20.6. The number of carbonyl (C=O) groups is 4. The quantitative estimate of drug-likeness (QED) is 0.324. The van der Waals surface area contributed by atoms with Gasteiger partial charge in [-0.3, -0.25) is 19.4 Å². The second-order valence-corrected chi connectivity index (χ2v) is 8.66. The van der Waals surface area contributed by atoms with Gasteiger partial charge in [-0.1, -0.05) is 35.9 Å². The molecule has 1 aliphatic heterocycles. The Morgan fingerprint density at radius 3 is 2.24 bits per heavy atom. The number of benzene rings is 2. The zero-order valence-electron chi connectivity index (χ0n) is 19.8. The van der Waals surface area contributed by atoms with Crippen molar-refractivity contribution >= 4 is 46.7 Å². The number of anilines is 2. The number of hydrogen-bond donors (Lipinski definition) is 4. The first kappa shape index (κ1) is 26.7. The Bertz CT molecular complexity index is 1320. The molecule has 3 aromatic rings. The van der Waals surface area contributed by atoms with E-state index >= 15 is 0 Å². The van der Waals surface area contributed by atoms with Crippen LogP contribution in [0.1, 0.15) is 15.9 Å². The summed E-state index contributed by atoms with van der Waals surface area (Å²) in [6.07, 6.45) is 0.307. The van der Waals surface area contributed by atoms with Crippen LogP contribution in [0.5, 0.6) is 0 Å². The highest BCUT2D eigenvalue weighted by molar-refractivity contribution is 6.33. The molecule has 2 heterocycles. The number of rotatable bonds is 9. The smallest absolute Gasteiger partial charge is 0.326 e. The number of pyridine rings is 1. The van der Waals surface area contributed by atoms with Gasteiger partial charge in [-0.25, -0.2) is 4.79 Å². The van der Waals surface area contributed by atoms with Crippen molar-refractivity contribution in [1.29, 1.82) is 0 Å². The Balaban J connectivity index is 1.36. The standard InChI is InChI=1S/C26H23ClN4O7/c27-18-3-1-2-4-19(18)30-24(33)21-22(38-14-37-21)25(34)31-20(26(35)36)13-15-5-7-17(8-6-15)29-23(32)16-9-11-28-12-10-16/h1-12,20-22H,13-14H2,(H,29,32)(H,30,33)(H,31,34)(H,35,36)/t20-,21-,22-/m0/s1. The summed E-state index contributed by atoms with van der Waals surface area (Å²) in [4.78, 5) is 53.6. The number of nitrogens with zero attached hydrogens (tertiary/aromatic N) is 1. The Morgan fingerprint density at radius 2 is 1.58 bits per heavy atom. The average Bonchev–Trinajstić information content (AvgIpc) is 3.41. The summed E-state index contributed by atoms with van der Waals surface area (Å²) in [6.45, 7) is -0.316. The molecule has 1 aliphatic rings. The molecule has 4 rings (SSSR count). The van der Waals surface area contributed by atoms with Crippen LogP contribution in [0.2, 0.25) is 5.02 Å². The lowest BCUT2D eigenvalue weighted by atomic mass is 10.0. The van der Waals surface area contributed by atoms with Crippen molar-refractivity contribution in [2.45, 2.75) is 24.7 Å². The van der Waals surface area contributed by atoms with Gasteiger partial charge in [0.2, 0.25) is 0 Å². The van der Waals surface area contributed by atoms with E-state index in [1.165, 1.54) is 12.4 Å². The summed E-state index contributed by atoms with van der Waals surface area (Å²) in [5.74, 6) is -3.06. The van der Waals surface area contributed by atoms with Gasteiger partial charge in [0.1, 0.15) is 12.8 Å². The van der Waals surface area contributed by atoms with Crippen molar-refractivity contribution in [3.8, 4) is 0 Å². The number of ether oxygens (including phenoxy) is 2. The number of hydrogen-bond acceptors (Lipinski definition) is 7. The molecule has 11 nitrogen and oxygen atoms in total. The van der Waals surface area contributed by atoms with Crippen LogP contribution in [0.4, 0.5) is 11.4 Å². The third kappa shape index (κ3) is 6.71. The number of halogens is 1. The van der Waals surface area contributed by atoms with Gasteiger partial charge in [-0.2, -0.15) is 0 Å². The van der Waals surface area contributed by atoms with Crippen LogP contribution in [0, 0.1) is 0 Å². The molecule has 2 aromatic carbocycles. The summed E-state index contributed by atoms with van der Waals surface area (Å²) < 4.78 is 10.5. The van der Waals surface area contributed by atoms with Crippen LogP contribution in [0.25, 0.3) is 0 Å². The van der Waals surface area contributed by atoms with E-state index in [0.29, 0.717) is 27.5 Å². The lowest BCUT2D eigenvalue weighted by molar-refractivity contribution is -0.144. The van der Waals surface area contributed by atoms with Crippen molar-refractivity contribution in [3.05, 3.63) is 89.2 Å². The topological polar surface area (TPSA) is 156 Å². The van der Waals surface area contributed by atoms with Gasteiger partial charge >= 0.3 is 5.97 Å². The highest BCUT2D eigenvalue weighted by atomic mass is 35.5. The van der Waals surface area contributed by atoms with E-state index in [2.05, 4.69) is 20.9 Å². The second-order valence-electron chi connectivity index (χ2n) is 8.25. The number of nitrogens with one attached hydrogen (secondary N) is 3. The predicted octanol–water partition coefficient (Wildman–Crippen LogP) is 2.48. The molecule has 1 fully saturated rings. The molecule has 4 N–H and O–H groups in total. The first-order valence-corrected chi connectivity index (χ1v) is 11.8. The van der Waals surface area contributed by atoms with Crippen LogP contribution in [-0.4, -0.2) is 58.8 Å². The molecule has 196 valence electrons. The van der Waals surface area contributed by atoms with Gasteiger partial charge in [-0.15, -0.1) is 0 Å². The predicted molar refractivity (Wildman–Crippen MR) is 137 cm³/mol.